The second-order valence-corrected chi connectivity index (χ2v) is 8.11. The minimum atomic E-state index is -3.73. The van der Waals surface area contributed by atoms with Crippen LogP contribution in [-0.2, 0) is 15.6 Å². The summed E-state index contributed by atoms with van der Waals surface area (Å²) in [5, 5.41) is 0.705. The molecule has 2 aromatic rings. The Morgan fingerprint density at radius 2 is 2.00 bits per heavy atom. The maximum absolute atomic E-state index is 11.8. The largest absolute Gasteiger partial charge is 0.343 e. The summed E-state index contributed by atoms with van der Waals surface area (Å²) in [5.41, 5.74) is 1.64. The molecule has 0 radical (unpaired) electrons. The third-order valence-electron chi connectivity index (χ3n) is 3.08. The Labute approximate surface area is 122 Å². The van der Waals surface area contributed by atoms with Crippen LogP contribution in [0, 0.1) is 6.92 Å². The SMILES string of the molecule is CCSCCn1c(C)c(S(=O)(=O)Cl)c2ccccc21. The molecule has 0 fully saturated rings. The van der Waals surface area contributed by atoms with Gasteiger partial charge in [-0.15, -0.1) is 0 Å². The van der Waals surface area contributed by atoms with Crippen molar-refractivity contribution < 1.29 is 8.42 Å². The van der Waals surface area contributed by atoms with Crippen molar-refractivity contribution in [3.05, 3.63) is 30.0 Å². The van der Waals surface area contributed by atoms with Crippen molar-refractivity contribution in [1.29, 1.82) is 0 Å². The van der Waals surface area contributed by atoms with Crippen molar-refractivity contribution in [3.63, 3.8) is 0 Å². The first-order chi connectivity index (χ1) is 8.96. The van der Waals surface area contributed by atoms with Crippen molar-refractivity contribution in [2.75, 3.05) is 11.5 Å². The number of aromatic nitrogens is 1. The highest BCUT2D eigenvalue weighted by molar-refractivity contribution is 8.14. The lowest BCUT2D eigenvalue weighted by Gasteiger charge is -2.07. The third-order valence-corrected chi connectivity index (χ3v) is 5.43. The predicted molar refractivity (Wildman–Crippen MR) is 82.7 cm³/mol. The van der Waals surface area contributed by atoms with Gasteiger partial charge in [0.25, 0.3) is 9.05 Å². The van der Waals surface area contributed by atoms with E-state index in [-0.39, 0.29) is 4.90 Å². The molecule has 0 saturated carbocycles. The second kappa shape index (κ2) is 5.77. The maximum atomic E-state index is 11.8. The van der Waals surface area contributed by atoms with Gasteiger partial charge in [-0.05, 0) is 18.7 Å². The summed E-state index contributed by atoms with van der Waals surface area (Å²) in [6, 6.07) is 7.49. The van der Waals surface area contributed by atoms with Crippen LogP contribution in [0.1, 0.15) is 12.6 Å². The minimum absolute atomic E-state index is 0.242. The summed E-state index contributed by atoms with van der Waals surface area (Å²) in [6.07, 6.45) is 0. The van der Waals surface area contributed by atoms with Crippen LogP contribution in [0.5, 0.6) is 0 Å². The molecule has 0 aliphatic rings. The molecule has 0 atom stereocenters. The molecule has 0 N–H and O–H groups in total. The second-order valence-electron chi connectivity index (χ2n) is 4.22. The zero-order valence-electron chi connectivity index (χ0n) is 10.9. The molecule has 0 aliphatic heterocycles. The molecule has 0 spiro atoms. The smallest absolute Gasteiger partial charge is 0.263 e. The molecule has 0 unspecified atom stereocenters. The highest BCUT2D eigenvalue weighted by Crippen LogP contribution is 2.32. The highest BCUT2D eigenvalue weighted by atomic mass is 35.7. The Balaban J connectivity index is 2.61. The Bertz CT molecular complexity index is 692. The van der Waals surface area contributed by atoms with Crippen LogP contribution in [0.2, 0.25) is 0 Å². The third kappa shape index (κ3) is 2.93. The summed E-state index contributed by atoms with van der Waals surface area (Å²) in [6.45, 7) is 4.71. The number of thioether (sulfide) groups is 1. The number of para-hydroxylation sites is 1. The quantitative estimate of drug-likeness (QED) is 0.624. The van der Waals surface area contributed by atoms with E-state index < -0.39 is 9.05 Å². The van der Waals surface area contributed by atoms with E-state index in [1.807, 2.05) is 41.5 Å². The van der Waals surface area contributed by atoms with Gasteiger partial charge in [0.1, 0.15) is 4.90 Å². The number of rotatable bonds is 5. The van der Waals surface area contributed by atoms with Gasteiger partial charge in [-0.3, -0.25) is 0 Å². The predicted octanol–water partition coefficient (Wildman–Crippen LogP) is 3.63. The molecule has 3 nitrogen and oxygen atoms in total. The zero-order chi connectivity index (χ0) is 14.0. The maximum Gasteiger partial charge on any atom is 0.263 e. The number of halogens is 1. The lowest BCUT2D eigenvalue weighted by Crippen LogP contribution is -2.04. The van der Waals surface area contributed by atoms with Gasteiger partial charge in [0.15, 0.2) is 0 Å². The fourth-order valence-electron chi connectivity index (χ4n) is 2.30. The topological polar surface area (TPSA) is 39.1 Å². The molecule has 104 valence electrons. The van der Waals surface area contributed by atoms with Crippen LogP contribution >= 0.6 is 22.4 Å². The first kappa shape index (κ1) is 14.8. The fourth-order valence-corrected chi connectivity index (χ4v) is 4.38. The number of nitrogens with zero attached hydrogens (tertiary/aromatic N) is 1. The molecule has 0 bridgehead atoms. The van der Waals surface area contributed by atoms with Gasteiger partial charge < -0.3 is 4.57 Å². The van der Waals surface area contributed by atoms with E-state index in [1.165, 1.54) is 0 Å². The molecule has 1 heterocycles. The van der Waals surface area contributed by atoms with Gasteiger partial charge in [0.2, 0.25) is 0 Å². The van der Waals surface area contributed by atoms with Crippen molar-refractivity contribution in [2.45, 2.75) is 25.3 Å². The number of hydrogen-bond donors (Lipinski definition) is 0. The molecule has 6 heteroatoms. The monoisotopic (exact) mass is 317 g/mol. The highest BCUT2D eigenvalue weighted by Gasteiger charge is 2.22. The average molecular weight is 318 g/mol. The van der Waals surface area contributed by atoms with Crippen LogP contribution in [0.3, 0.4) is 0 Å². The number of fused-ring (bicyclic) bond motifs is 1. The van der Waals surface area contributed by atoms with Gasteiger partial charge in [-0.1, -0.05) is 25.1 Å². The van der Waals surface area contributed by atoms with Crippen molar-refractivity contribution >= 4 is 42.4 Å². The lowest BCUT2D eigenvalue weighted by atomic mass is 10.2. The normalized spacial score (nSPS) is 12.2. The van der Waals surface area contributed by atoms with E-state index in [1.54, 1.807) is 6.07 Å². The Morgan fingerprint density at radius 1 is 1.32 bits per heavy atom. The van der Waals surface area contributed by atoms with E-state index >= 15 is 0 Å². The molecule has 1 aromatic carbocycles. The van der Waals surface area contributed by atoms with Crippen molar-refractivity contribution in [2.24, 2.45) is 0 Å². The molecular formula is C13H16ClNO2S2. The fraction of sp³-hybridized carbons (Fsp3) is 0.385. The van der Waals surface area contributed by atoms with E-state index in [0.717, 1.165) is 23.6 Å². The Hall–Kier alpha value is -0.650. The van der Waals surface area contributed by atoms with E-state index in [0.29, 0.717) is 11.1 Å². The zero-order valence-corrected chi connectivity index (χ0v) is 13.3. The van der Waals surface area contributed by atoms with Crippen LogP contribution in [0.15, 0.2) is 29.2 Å². The van der Waals surface area contributed by atoms with Gasteiger partial charge in [-0.2, -0.15) is 11.8 Å². The van der Waals surface area contributed by atoms with Crippen molar-refractivity contribution in [1.82, 2.24) is 4.57 Å². The average Bonchev–Trinajstić information content (AvgIpc) is 2.62. The van der Waals surface area contributed by atoms with Gasteiger partial charge in [0.05, 0.1) is 0 Å². The van der Waals surface area contributed by atoms with Gasteiger partial charge in [-0.25, -0.2) is 8.42 Å². The summed E-state index contributed by atoms with van der Waals surface area (Å²) in [7, 11) is 1.85. The molecule has 0 amide bonds. The Morgan fingerprint density at radius 3 is 2.63 bits per heavy atom. The summed E-state index contributed by atoms with van der Waals surface area (Å²) in [5.74, 6) is 2.01. The number of aryl methyl sites for hydroxylation is 1. The lowest BCUT2D eigenvalue weighted by molar-refractivity contribution is 0.608. The summed E-state index contributed by atoms with van der Waals surface area (Å²) < 4.78 is 25.6. The molecule has 0 saturated heterocycles. The van der Waals surface area contributed by atoms with Crippen molar-refractivity contribution in [3.8, 4) is 0 Å². The molecular weight excluding hydrogens is 302 g/mol. The standard InChI is InChI=1S/C13H16ClNO2S2/c1-3-18-9-8-15-10(2)13(19(14,16)17)11-6-4-5-7-12(11)15/h4-7H,3,8-9H2,1-2H3. The van der Waals surface area contributed by atoms with Crippen LogP contribution < -0.4 is 0 Å². The molecule has 0 aliphatic carbocycles. The summed E-state index contributed by atoms with van der Waals surface area (Å²) >= 11 is 1.83. The van der Waals surface area contributed by atoms with Gasteiger partial charge >= 0.3 is 0 Å². The van der Waals surface area contributed by atoms with E-state index in [2.05, 4.69) is 6.92 Å². The number of benzene rings is 1. The molecule has 19 heavy (non-hydrogen) atoms. The van der Waals surface area contributed by atoms with E-state index in [9.17, 15) is 8.42 Å². The van der Waals surface area contributed by atoms with Crippen LogP contribution in [0.25, 0.3) is 10.9 Å². The van der Waals surface area contributed by atoms with E-state index in [4.69, 9.17) is 10.7 Å². The first-order valence-electron chi connectivity index (χ1n) is 6.07. The molecule has 2 rings (SSSR count). The minimum Gasteiger partial charge on any atom is -0.343 e. The van der Waals surface area contributed by atoms with Crippen LogP contribution in [0.4, 0.5) is 0 Å². The first-order valence-corrected chi connectivity index (χ1v) is 9.53. The molecule has 1 aromatic heterocycles. The summed E-state index contributed by atoms with van der Waals surface area (Å²) in [4.78, 5) is 0.242. The van der Waals surface area contributed by atoms with Crippen LogP contribution in [-0.4, -0.2) is 24.5 Å². The Kier molecular flexibility index (Phi) is 4.48. The number of hydrogen-bond acceptors (Lipinski definition) is 3. The van der Waals surface area contributed by atoms with Gasteiger partial charge in [0, 0.05) is 39.6 Å².